The molecule has 0 aliphatic heterocycles. The number of nitrogens with two attached hydrogens (primary N) is 1. The molecule has 4 heteroatoms. The Labute approximate surface area is 91.0 Å². The number of hydrogen-bond acceptors (Lipinski definition) is 1. The standard InChI is InChI=1S/C11H18N4/c1-14(2)11(15(3)4)13-10-7-5-9(12)6-8-10/h5-8H,12H2,1-4H3/p+1. The second-order valence-electron chi connectivity index (χ2n) is 3.86. The molecule has 0 aliphatic carbocycles. The zero-order valence-corrected chi connectivity index (χ0v) is 9.78. The molecule has 0 radical (unpaired) electrons. The fourth-order valence-corrected chi connectivity index (χ4v) is 1.32. The molecule has 0 unspecified atom stereocenters. The van der Waals surface area contributed by atoms with Crippen LogP contribution in [0.15, 0.2) is 24.3 Å². The van der Waals surface area contributed by atoms with E-state index in [0.717, 1.165) is 17.3 Å². The normalized spacial score (nSPS) is 9.60. The van der Waals surface area contributed by atoms with E-state index in [2.05, 4.69) is 5.32 Å². The van der Waals surface area contributed by atoms with E-state index >= 15 is 0 Å². The number of rotatable bonds is 1. The Bertz CT molecular complexity index is 347. The zero-order chi connectivity index (χ0) is 11.4. The molecule has 15 heavy (non-hydrogen) atoms. The monoisotopic (exact) mass is 207 g/mol. The van der Waals surface area contributed by atoms with E-state index in [4.69, 9.17) is 5.73 Å². The summed E-state index contributed by atoms with van der Waals surface area (Å²) in [6, 6.07) is 7.68. The molecule has 0 spiro atoms. The van der Waals surface area contributed by atoms with Crippen LogP contribution < -0.4 is 11.1 Å². The fraction of sp³-hybridized carbons (Fsp3) is 0.364. The SMILES string of the molecule is CN(C)C(Nc1ccc(N)cc1)=[N+](C)C. The van der Waals surface area contributed by atoms with Gasteiger partial charge in [0.2, 0.25) is 0 Å². The van der Waals surface area contributed by atoms with Crippen molar-refractivity contribution in [2.24, 2.45) is 0 Å². The topological polar surface area (TPSA) is 44.3 Å². The van der Waals surface area contributed by atoms with Crippen LogP contribution in [0, 0.1) is 0 Å². The first-order valence-corrected chi connectivity index (χ1v) is 4.85. The third-order valence-electron chi connectivity index (χ3n) is 2.01. The Morgan fingerprint density at radius 1 is 1.20 bits per heavy atom. The van der Waals surface area contributed by atoms with E-state index in [9.17, 15) is 0 Å². The van der Waals surface area contributed by atoms with Gasteiger partial charge in [-0.15, -0.1) is 0 Å². The highest BCUT2D eigenvalue weighted by atomic mass is 15.3. The van der Waals surface area contributed by atoms with Gasteiger partial charge in [-0.3, -0.25) is 9.48 Å². The van der Waals surface area contributed by atoms with Crippen molar-refractivity contribution >= 4 is 17.3 Å². The molecule has 0 saturated carbocycles. The molecular weight excluding hydrogens is 188 g/mol. The minimum atomic E-state index is 0.775. The first-order chi connectivity index (χ1) is 7.00. The van der Waals surface area contributed by atoms with Crippen molar-refractivity contribution in [1.82, 2.24) is 4.90 Å². The molecule has 0 atom stereocenters. The molecule has 3 N–H and O–H groups in total. The van der Waals surface area contributed by atoms with Crippen molar-refractivity contribution in [3.05, 3.63) is 24.3 Å². The summed E-state index contributed by atoms with van der Waals surface area (Å²) in [4.78, 5) is 2.02. The second kappa shape index (κ2) is 4.68. The van der Waals surface area contributed by atoms with Crippen molar-refractivity contribution in [3.63, 3.8) is 0 Å². The number of anilines is 2. The van der Waals surface area contributed by atoms with E-state index in [-0.39, 0.29) is 0 Å². The van der Waals surface area contributed by atoms with Crippen molar-refractivity contribution in [2.45, 2.75) is 0 Å². The lowest BCUT2D eigenvalue weighted by atomic mass is 10.3. The van der Waals surface area contributed by atoms with Gasteiger partial charge in [-0.05, 0) is 24.3 Å². The third kappa shape index (κ3) is 3.16. The van der Waals surface area contributed by atoms with Crippen molar-refractivity contribution in [2.75, 3.05) is 39.2 Å². The maximum atomic E-state index is 5.62. The van der Waals surface area contributed by atoms with Crippen molar-refractivity contribution in [3.8, 4) is 0 Å². The zero-order valence-electron chi connectivity index (χ0n) is 9.78. The van der Waals surface area contributed by atoms with Crippen LogP contribution in [0.2, 0.25) is 0 Å². The summed E-state index contributed by atoms with van der Waals surface area (Å²) >= 11 is 0. The van der Waals surface area contributed by atoms with Gasteiger partial charge in [0.15, 0.2) is 0 Å². The van der Waals surface area contributed by atoms with Gasteiger partial charge in [-0.1, -0.05) is 0 Å². The van der Waals surface area contributed by atoms with Crippen LogP contribution in [0.1, 0.15) is 0 Å². The highest BCUT2D eigenvalue weighted by Crippen LogP contribution is 2.10. The second-order valence-corrected chi connectivity index (χ2v) is 3.86. The largest absolute Gasteiger partial charge is 0.399 e. The Morgan fingerprint density at radius 2 is 1.73 bits per heavy atom. The van der Waals surface area contributed by atoms with Gasteiger partial charge < -0.3 is 5.73 Å². The van der Waals surface area contributed by atoms with E-state index in [1.54, 1.807) is 0 Å². The first-order valence-electron chi connectivity index (χ1n) is 4.85. The molecular formula is C11H19N4+. The van der Waals surface area contributed by atoms with Crippen LogP contribution >= 0.6 is 0 Å². The van der Waals surface area contributed by atoms with Crippen LogP contribution in [0.5, 0.6) is 0 Å². The van der Waals surface area contributed by atoms with Gasteiger partial charge in [0.05, 0.1) is 33.9 Å². The molecule has 82 valence electrons. The van der Waals surface area contributed by atoms with Crippen LogP contribution in [0.25, 0.3) is 0 Å². The van der Waals surface area contributed by atoms with Gasteiger partial charge in [-0.25, -0.2) is 5.32 Å². The van der Waals surface area contributed by atoms with E-state index < -0.39 is 0 Å². The summed E-state index contributed by atoms with van der Waals surface area (Å²) in [5.41, 5.74) is 7.43. The molecule has 0 bridgehead atoms. The maximum Gasteiger partial charge on any atom is 0.352 e. The number of benzene rings is 1. The van der Waals surface area contributed by atoms with E-state index in [1.807, 2.05) is 61.9 Å². The number of hydrogen-bond donors (Lipinski definition) is 2. The van der Waals surface area contributed by atoms with E-state index in [0.29, 0.717) is 0 Å². The van der Waals surface area contributed by atoms with Gasteiger partial charge in [0.25, 0.3) is 0 Å². The predicted octanol–water partition coefficient (Wildman–Crippen LogP) is 0.870. The Kier molecular flexibility index (Phi) is 3.55. The third-order valence-corrected chi connectivity index (χ3v) is 2.01. The number of nitrogens with zero attached hydrogens (tertiary/aromatic N) is 2. The molecule has 0 amide bonds. The average molecular weight is 207 g/mol. The molecule has 0 aliphatic rings. The molecule has 1 rings (SSSR count). The molecule has 4 nitrogen and oxygen atoms in total. The summed E-state index contributed by atoms with van der Waals surface area (Å²) in [6.45, 7) is 0. The molecule has 0 aromatic heterocycles. The van der Waals surface area contributed by atoms with Gasteiger partial charge in [0, 0.05) is 5.69 Å². The summed E-state index contributed by atoms with van der Waals surface area (Å²) in [7, 11) is 8.00. The average Bonchev–Trinajstić information content (AvgIpc) is 2.15. The van der Waals surface area contributed by atoms with Crippen molar-refractivity contribution < 1.29 is 4.58 Å². The maximum absolute atomic E-state index is 5.62. The Morgan fingerprint density at radius 3 is 2.13 bits per heavy atom. The van der Waals surface area contributed by atoms with Crippen LogP contribution in [0.4, 0.5) is 11.4 Å². The summed E-state index contributed by atoms with van der Waals surface area (Å²) in [5.74, 6) is 1.03. The lowest BCUT2D eigenvalue weighted by molar-refractivity contribution is -0.469. The minimum Gasteiger partial charge on any atom is -0.399 e. The number of guanidine groups is 1. The fourth-order valence-electron chi connectivity index (χ4n) is 1.32. The first kappa shape index (κ1) is 11.4. The molecule has 1 aromatic carbocycles. The molecule has 0 saturated heterocycles. The van der Waals surface area contributed by atoms with E-state index in [1.165, 1.54) is 0 Å². The smallest absolute Gasteiger partial charge is 0.352 e. The molecule has 1 aromatic rings. The summed E-state index contributed by atoms with van der Waals surface area (Å²) in [5, 5.41) is 3.32. The van der Waals surface area contributed by atoms with Crippen LogP contribution in [0.3, 0.4) is 0 Å². The van der Waals surface area contributed by atoms with Gasteiger partial charge in [0.1, 0.15) is 0 Å². The number of nitrogens with one attached hydrogen (secondary N) is 1. The molecule has 0 fully saturated rings. The predicted molar refractivity (Wildman–Crippen MR) is 65.3 cm³/mol. The highest BCUT2D eigenvalue weighted by molar-refractivity contribution is 5.89. The molecule has 0 heterocycles. The Balaban J connectivity index is 2.85. The van der Waals surface area contributed by atoms with Crippen LogP contribution in [-0.2, 0) is 0 Å². The quantitative estimate of drug-likeness (QED) is 0.311. The van der Waals surface area contributed by atoms with Crippen LogP contribution in [-0.4, -0.2) is 43.6 Å². The lowest BCUT2D eigenvalue weighted by Gasteiger charge is -2.12. The Hall–Kier alpha value is -1.71. The lowest BCUT2D eigenvalue weighted by Crippen LogP contribution is -2.36. The highest BCUT2D eigenvalue weighted by Gasteiger charge is 2.11. The minimum absolute atomic E-state index is 0.775. The van der Waals surface area contributed by atoms with Gasteiger partial charge in [-0.2, -0.15) is 0 Å². The van der Waals surface area contributed by atoms with Crippen molar-refractivity contribution in [1.29, 1.82) is 0 Å². The summed E-state index contributed by atoms with van der Waals surface area (Å²) < 4.78 is 2.02. The van der Waals surface area contributed by atoms with Gasteiger partial charge >= 0.3 is 5.96 Å². The summed E-state index contributed by atoms with van der Waals surface area (Å²) in [6.07, 6.45) is 0. The number of nitrogen functional groups attached to an aromatic ring is 1.